The summed E-state index contributed by atoms with van der Waals surface area (Å²) in [6.07, 6.45) is 63.9. The SMILES string of the molecule is CC/C=C\C/C=C\C/C=C\C/C=C\C/C=C\CCCCCCCCCCCCCC(=O)NC(COC1OC(CO)C(O)C(O)C1O)C(O)/C=C/CCCCCCCCCCCCCCCCCCCCC. The van der Waals surface area contributed by atoms with E-state index in [1.807, 2.05) is 6.08 Å². The summed E-state index contributed by atoms with van der Waals surface area (Å²) in [5.41, 5.74) is 0. The summed E-state index contributed by atoms with van der Waals surface area (Å²) in [5, 5.41) is 54.6. The van der Waals surface area contributed by atoms with Crippen LogP contribution in [-0.4, -0.2) is 87.5 Å². The Morgan fingerprint density at radius 2 is 0.873 bits per heavy atom. The number of aliphatic hydroxyl groups excluding tert-OH is 5. The van der Waals surface area contributed by atoms with Crippen LogP contribution in [0.15, 0.2) is 72.9 Å². The van der Waals surface area contributed by atoms with E-state index in [0.29, 0.717) is 6.42 Å². The molecule has 1 saturated heterocycles. The van der Waals surface area contributed by atoms with Gasteiger partial charge < -0.3 is 40.3 Å². The van der Waals surface area contributed by atoms with Gasteiger partial charge in [0.15, 0.2) is 6.29 Å². The van der Waals surface area contributed by atoms with E-state index in [4.69, 9.17) is 9.47 Å². The number of allylic oxidation sites excluding steroid dienone is 11. The smallest absolute Gasteiger partial charge is 0.220 e. The maximum Gasteiger partial charge on any atom is 0.220 e. The Kier molecular flexibility index (Phi) is 48.0. The molecule has 0 spiro atoms. The van der Waals surface area contributed by atoms with E-state index in [1.54, 1.807) is 6.08 Å². The van der Waals surface area contributed by atoms with Crippen LogP contribution in [-0.2, 0) is 14.3 Å². The van der Waals surface area contributed by atoms with Crippen molar-refractivity contribution in [1.82, 2.24) is 5.32 Å². The van der Waals surface area contributed by atoms with Gasteiger partial charge in [0, 0.05) is 6.42 Å². The van der Waals surface area contributed by atoms with Gasteiger partial charge in [-0.25, -0.2) is 0 Å². The van der Waals surface area contributed by atoms with Gasteiger partial charge >= 0.3 is 0 Å². The number of hydrogen-bond acceptors (Lipinski definition) is 8. The molecule has 9 heteroatoms. The lowest BCUT2D eigenvalue weighted by Crippen LogP contribution is -2.60. The molecule has 0 radical (unpaired) electrons. The summed E-state index contributed by atoms with van der Waals surface area (Å²) >= 11 is 0. The van der Waals surface area contributed by atoms with E-state index in [1.165, 1.54) is 167 Å². The first kappa shape index (κ1) is 66.6. The Hall–Kier alpha value is -2.37. The number of carbonyl (C=O) groups is 1. The third kappa shape index (κ3) is 40.7. The minimum atomic E-state index is -1.57. The Morgan fingerprint density at radius 3 is 1.30 bits per heavy atom. The lowest BCUT2D eigenvalue weighted by atomic mass is 9.99. The predicted octanol–water partition coefficient (Wildman–Crippen LogP) is 14.8. The molecule has 7 unspecified atom stereocenters. The summed E-state index contributed by atoms with van der Waals surface area (Å²) in [6, 6.07) is -0.811. The van der Waals surface area contributed by atoms with Crippen molar-refractivity contribution < 1.29 is 39.8 Å². The van der Waals surface area contributed by atoms with Crippen LogP contribution in [0.4, 0.5) is 0 Å². The number of nitrogens with one attached hydrogen (secondary N) is 1. The molecular formula is C62H111NO8. The van der Waals surface area contributed by atoms with Gasteiger partial charge in [-0.15, -0.1) is 0 Å². The Bertz CT molecular complexity index is 1340. The molecule has 1 fully saturated rings. The average Bonchev–Trinajstić information content (AvgIpc) is 3.37. The lowest BCUT2D eigenvalue weighted by molar-refractivity contribution is -0.302. The monoisotopic (exact) mass is 998 g/mol. The van der Waals surface area contributed by atoms with Crippen LogP contribution in [0.25, 0.3) is 0 Å². The number of hydrogen-bond donors (Lipinski definition) is 6. The highest BCUT2D eigenvalue weighted by Crippen LogP contribution is 2.23. The zero-order valence-electron chi connectivity index (χ0n) is 45.7. The van der Waals surface area contributed by atoms with Gasteiger partial charge in [0.1, 0.15) is 24.4 Å². The molecule has 1 aliphatic heterocycles. The van der Waals surface area contributed by atoms with E-state index < -0.39 is 49.5 Å². The molecule has 0 aromatic heterocycles. The molecule has 0 bridgehead atoms. The van der Waals surface area contributed by atoms with Gasteiger partial charge in [-0.1, -0.05) is 260 Å². The highest BCUT2D eigenvalue weighted by Gasteiger charge is 2.44. The van der Waals surface area contributed by atoms with Crippen LogP contribution in [0.1, 0.15) is 258 Å². The zero-order chi connectivity index (χ0) is 51.5. The van der Waals surface area contributed by atoms with Gasteiger partial charge in [0.25, 0.3) is 0 Å². The van der Waals surface area contributed by atoms with Gasteiger partial charge in [-0.2, -0.15) is 0 Å². The molecule has 0 aromatic carbocycles. The van der Waals surface area contributed by atoms with Gasteiger partial charge in [-0.3, -0.25) is 4.79 Å². The summed E-state index contributed by atoms with van der Waals surface area (Å²) < 4.78 is 11.3. The average molecular weight is 999 g/mol. The van der Waals surface area contributed by atoms with Crippen LogP contribution in [0.2, 0.25) is 0 Å². The van der Waals surface area contributed by atoms with E-state index in [9.17, 15) is 30.3 Å². The van der Waals surface area contributed by atoms with Gasteiger partial charge in [-0.05, 0) is 64.2 Å². The van der Waals surface area contributed by atoms with E-state index in [2.05, 4.69) is 79.9 Å². The van der Waals surface area contributed by atoms with Crippen LogP contribution < -0.4 is 5.32 Å². The summed E-state index contributed by atoms with van der Waals surface area (Å²) in [5.74, 6) is -0.181. The molecule has 412 valence electrons. The first-order valence-corrected chi connectivity index (χ1v) is 29.7. The summed E-state index contributed by atoms with van der Waals surface area (Å²) in [4.78, 5) is 13.1. The molecule has 1 aliphatic rings. The zero-order valence-corrected chi connectivity index (χ0v) is 45.7. The van der Waals surface area contributed by atoms with Crippen molar-refractivity contribution in [3.05, 3.63) is 72.9 Å². The van der Waals surface area contributed by atoms with Crippen LogP contribution >= 0.6 is 0 Å². The normalized spacial score (nSPS) is 19.8. The molecule has 71 heavy (non-hydrogen) atoms. The number of amides is 1. The fourth-order valence-corrected chi connectivity index (χ4v) is 9.13. The maximum absolute atomic E-state index is 13.1. The van der Waals surface area contributed by atoms with Crippen molar-refractivity contribution in [3.8, 4) is 0 Å². The van der Waals surface area contributed by atoms with Crippen molar-refractivity contribution >= 4 is 5.91 Å². The van der Waals surface area contributed by atoms with Crippen molar-refractivity contribution in [3.63, 3.8) is 0 Å². The highest BCUT2D eigenvalue weighted by molar-refractivity contribution is 5.76. The number of unbranched alkanes of at least 4 members (excludes halogenated alkanes) is 30. The minimum Gasteiger partial charge on any atom is -0.394 e. The molecule has 1 heterocycles. The molecule has 0 saturated carbocycles. The second-order valence-electron chi connectivity index (χ2n) is 20.4. The number of carbonyl (C=O) groups excluding carboxylic acids is 1. The number of aliphatic hydroxyl groups is 5. The Labute approximate surface area is 436 Å². The number of ether oxygens (including phenoxy) is 2. The molecule has 1 amide bonds. The molecule has 6 N–H and O–H groups in total. The van der Waals surface area contributed by atoms with E-state index >= 15 is 0 Å². The highest BCUT2D eigenvalue weighted by atomic mass is 16.7. The van der Waals surface area contributed by atoms with Crippen molar-refractivity contribution in [2.75, 3.05) is 13.2 Å². The predicted molar refractivity (Wildman–Crippen MR) is 299 cm³/mol. The lowest BCUT2D eigenvalue weighted by Gasteiger charge is -2.40. The standard InChI is InChI=1S/C62H111NO8/c1-3-5-7-9-11-13-15-17-19-21-23-25-26-27-28-29-30-32-34-36-38-40-42-44-46-48-50-52-58(66)63-55(54-70-62-61(69)60(68)59(67)57(53-64)71-62)56(65)51-49-47-45-43-41-39-37-35-33-31-24-22-20-18-16-14-12-10-8-6-4-2/h5,7,11,13,17,19,23,25,27-28,49,51,55-57,59-62,64-65,67-69H,3-4,6,8-10,12,14-16,18,20-22,24,26,29-48,50,52-54H2,1-2H3,(H,63,66)/b7-5-,13-11-,19-17-,25-23-,28-27-,51-49+. The topological polar surface area (TPSA) is 149 Å². The molecule has 9 nitrogen and oxygen atoms in total. The van der Waals surface area contributed by atoms with E-state index in [0.717, 1.165) is 70.6 Å². The van der Waals surface area contributed by atoms with Gasteiger partial charge in [0.05, 0.1) is 25.4 Å². The largest absolute Gasteiger partial charge is 0.394 e. The fraction of sp³-hybridized carbons (Fsp3) is 0.790. The van der Waals surface area contributed by atoms with Crippen LogP contribution in [0.5, 0.6) is 0 Å². The first-order chi connectivity index (χ1) is 34.8. The van der Waals surface area contributed by atoms with Crippen molar-refractivity contribution in [1.29, 1.82) is 0 Å². The molecule has 7 atom stereocenters. The Balaban J connectivity index is 2.22. The maximum atomic E-state index is 13.1. The van der Waals surface area contributed by atoms with Crippen LogP contribution in [0, 0.1) is 0 Å². The minimum absolute atomic E-state index is 0.181. The van der Waals surface area contributed by atoms with Crippen molar-refractivity contribution in [2.24, 2.45) is 0 Å². The van der Waals surface area contributed by atoms with Gasteiger partial charge in [0.2, 0.25) is 5.91 Å². The molecule has 1 rings (SSSR count). The van der Waals surface area contributed by atoms with Crippen LogP contribution in [0.3, 0.4) is 0 Å². The molecule has 0 aliphatic carbocycles. The number of rotatable bonds is 50. The second kappa shape index (κ2) is 51.1. The summed E-state index contributed by atoms with van der Waals surface area (Å²) in [6.45, 7) is 3.68. The van der Waals surface area contributed by atoms with E-state index in [-0.39, 0.29) is 12.5 Å². The molecule has 0 aromatic rings. The summed E-state index contributed by atoms with van der Waals surface area (Å²) in [7, 11) is 0. The first-order valence-electron chi connectivity index (χ1n) is 29.7. The third-order valence-electron chi connectivity index (χ3n) is 13.8. The molecular weight excluding hydrogens is 887 g/mol. The Morgan fingerprint density at radius 1 is 0.493 bits per heavy atom. The van der Waals surface area contributed by atoms with Crippen molar-refractivity contribution in [2.45, 2.75) is 301 Å². The fourth-order valence-electron chi connectivity index (χ4n) is 9.13. The quantitative estimate of drug-likeness (QED) is 0.0261. The third-order valence-corrected chi connectivity index (χ3v) is 13.8. The second-order valence-corrected chi connectivity index (χ2v) is 20.4.